The second-order valence-corrected chi connectivity index (χ2v) is 3.71. The molecule has 0 saturated carbocycles. The predicted molar refractivity (Wildman–Crippen MR) is 50.3 cm³/mol. The van der Waals surface area contributed by atoms with Crippen LogP contribution in [0.3, 0.4) is 0 Å². The summed E-state index contributed by atoms with van der Waals surface area (Å²) >= 11 is 0. The first-order valence-electron chi connectivity index (χ1n) is 4.43. The summed E-state index contributed by atoms with van der Waals surface area (Å²) < 4.78 is 6.24. The van der Waals surface area contributed by atoms with Gasteiger partial charge < -0.3 is 10.3 Å². The molecule has 0 unspecified atom stereocenters. The van der Waals surface area contributed by atoms with Crippen LogP contribution in [-0.2, 0) is 7.05 Å². The van der Waals surface area contributed by atoms with Gasteiger partial charge in [0.05, 0.1) is 5.69 Å². The molecule has 0 aliphatic heterocycles. The lowest BCUT2D eigenvalue weighted by Crippen LogP contribution is -2.15. The quantitative estimate of drug-likeness (QED) is 0.763. The number of hydrogen-bond donors (Lipinski definition) is 1. The van der Waals surface area contributed by atoms with Gasteiger partial charge in [0.1, 0.15) is 0 Å². The highest BCUT2D eigenvalue weighted by molar-refractivity contribution is 5.04. The monoisotopic (exact) mass is 184 g/mol. The fourth-order valence-corrected chi connectivity index (χ4v) is 1.39. The second-order valence-electron chi connectivity index (χ2n) is 3.71. The summed E-state index contributed by atoms with van der Waals surface area (Å²) in [5.41, 5.74) is 6.32. The molecule has 4 nitrogen and oxygen atoms in total. The summed E-state index contributed by atoms with van der Waals surface area (Å²) in [4.78, 5) is 10.9. The summed E-state index contributed by atoms with van der Waals surface area (Å²) in [7, 11) is 1.69. The van der Waals surface area contributed by atoms with Crippen molar-refractivity contribution in [3.8, 4) is 0 Å². The zero-order valence-electron chi connectivity index (χ0n) is 8.28. The van der Waals surface area contributed by atoms with Gasteiger partial charge in [0.15, 0.2) is 0 Å². The third kappa shape index (κ3) is 2.45. The van der Waals surface area contributed by atoms with Crippen molar-refractivity contribution in [3.63, 3.8) is 0 Å². The molecule has 4 heteroatoms. The van der Waals surface area contributed by atoms with Crippen LogP contribution in [0.15, 0.2) is 15.4 Å². The maximum absolute atomic E-state index is 10.9. The van der Waals surface area contributed by atoms with Gasteiger partial charge in [-0.15, -0.1) is 0 Å². The molecular weight excluding hydrogens is 168 g/mol. The Morgan fingerprint density at radius 3 is 2.62 bits per heavy atom. The van der Waals surface area contributed by atoms with E-state index in [1.165, 1.54) is 10.8 Å². The van der Waals surface area contributed by atoms with Crippen molar-refractivity contribution in [2.45, 2.75) is 26.3 Å². The predicted octanol–water partition coefficient (Wildman–Crippen LogP) is 1.02. The molecule has 0 aliphatic rings. The number of aromatic nitrogens is 1. The third-order valence-corrected chi connectivity index (χ3v) is 1.96. The van der Waals surface area contributed by atoms with E-state index in [1.54, 1.807) is 7.05 Å². The van der Waals surface area contributed by atoms with E-state index in [-0.39, 0.29) is 11.7 Å². The molecule has 1 atom stereocenters. The Labute approximate surface area is 77.3 Å². The Kier molecular flexibility index (Phi) is 2.93. The lowest BCUT2D eigenvalue weighted by molar-refractivity contribution is 0.269. The summed E-state index contributed by atoms with van der Waals surface area (Å²) in [5, 5.41) is 0. The van der Waals surface area contributed by atoms with Gasteiger partial charge >= 0.3 is 5.63 Å². The van der Waals surface area contributed by atoms with Crippen molar-refractivity contribution in [1.82, 2.24) is 4.74 Å². The van der Waals surface area contributed by atoms with E-state index in [0.29, 0.717) is 5.92 Å². The minimum atomic E-state index is -0.336. The van der Waals surface area contributed by atoms with Crippen LogP contribution >= 0.6 is 0 Å². The van der Waals surface area contributed by atoms with Crippen LogP contribution < -0.4 is 11.4 Å². The molecule has 13 heavy (non-hydrogen) atoms. The van der Waals surface area contributed by atoms with Crippen LogP contribution in [0.5, 0.6) is 0 Å². The maximum atomic E-state index is 10.9. The Balaban J connectivity index is 2.82. The highest BCUT2D eigenvalue weighted by Crippen LogP contribution is 2.16. The molecule has 0 bridgehead atoms. The minimum Gasteiger partial charge on any atom is -0.336 e. The smallest absolute Gasteiger partial charge is 0.336 e. The lowest BCUT2D eigenvalue weighted by atomic mass is 10.0. The van der Waals surface area contributed by atoms with Crippen LogP contribution in [0.1, 0.15) is 32.0 Å². The number of nitrogens with two attached hydrogens (primary N) is 1. The molecule has 2 N–H and O–H groups in total. The first-order chi connectivity index (χ1) is 6.00. The highest BCUT2D eigenvalue weighted by atomic mass is 16.5. The summed E-state index contributed by atoms with van der Waals surface area (Å²) in [6.07, 6.45) is 0.854. The maximum Gasteiger partial charge on any atom is 0.357 e. The summed E-state index contributed by atoms with van der Waals surface area (Å²) in [6, 6.07) is 1.34. The first kappa shape index (κ1) is 10.1. The van der Waals surface area contributed by atoms with Crippen LogP contribution in [-0.4, -0.2) is 4.74 Å². The van der Waals surface area contributed by atoms with E-state index < -0.39 is 0 Å². The van der Waals surface area contributed by atoms with Crippen LogP contribution in [0, 0.1) is 5.92 Å². The Bertz CT molecular complexity index is 325. The fourth-order valence-electron chi connectivity index (χ4n) is 1.39. The lowest BCUT2D eigenvalue weighted by Gasteiger charge is -2.12. The van der Waals surface area contributed by atoms with E-state index in [9.17, 15) is 4.79 Å². The van der Waals surface area contributed by atoms with Crippen LogP contribution in [0.25, 0.3) is 0 Å². The molecule has 1 rings (SSSR count). The second kappa shape index (κ2) is 3.79. The average Bonchev–Trinajstić information content (AvgIpc) is 2.28. The molecule has 0 aliphatic carbocycles. The van der Waals surface area contributed by atoms with E-state index >= 15 is 0 Å². The van der Waals surface area contributed by atoms with Gasteiger partial charge in [-0.05, 0) is 12.3 Å². The highest BCUT2D eigenvalue weighted by Gasteiger charge is 2.13. The zero-order valence-corrected chi connectivity index (χ0v) is 8.28. The van der Waals surface area contributed by atoms with Crippen LogP contribution in [0.2, 0.25) is 0 Å². The van der Waals surface area contributed by atoms with E-state index in [2.05, 4.69) is 13.8 Å². The topological polar surface area (TPSA) is 61.2 Å². The number of aryl methyl sites for hydroxylation is 1. The molecule has 0 fully saturated rings. The Morgan fingerprint density at radius 1 is 1.62 bits per heavy atom. The summed E-state index contributed by atoms with van der Waals surface area (Å²) in [5.74, 6) is 0.514. The largest absolute Gasteiger partial charge is 0.357 e. The van der Waals surface area contributed by atoms with E-state index in [1.807, 2.05) is 0 Å². The van der Waals surface area contributed by atoms with Gasteiger partial charge in [0, 0.05) is 19.2 Å². The average molecular weight is 184 g/mol. The molecule has 0 spiro atoms. The Morgan fingerprint density at radius 2 is 2.23 bits per heavy atom. The van der Waals surface area contributed by atoms with Crippen molar-refractivity contribution in [3.05, 3.63) is 22.2 Å². The zero-order chi connectivity index (χ0) is 10.0. The number of hydrogen-bond acceptors (Lipinski definition) is 3. The Hall–Kier alpha value is -1.03. The molecule has 0 saturated heterocycles. The van der Waals surface area contributed by atoms with Gasteiger partial charge in [0.2, 0.25) is 0 Å². The van der Waals surface area contributed by atoms with Gasteiger partial charge in [-0.1, -0.05) is 13.8 Å². The van der Waals surface area contributed by atoms with Crippen molar-refractivity contribution in [2.75, 3.05) is 0 Å². The molecule has 1 aromatic rings. The van der Waals surface area contributed by atoms with Crippen molar-refractivity contribution >= 4 is 0 Å². The first-order valence-corrected chi connectivity index (χ1v) is 4.43. The minimum absolute atomic E-state index is 0.114. The SMILES string of the molecule is CC(C)C[C@@H](N)c1cc(=O)on1C. The van der Waals surface area contributed by atoms with E-state index in [0.717, 1.165) is 12.1 Å². The molecule has 0 amide bonds. The van der Waals surface area contributed by atoms with Crippen molar-refractivity contribution in [1.29, 1.82) is 0 Å². The molecule has 74 valence electrons. The van der Waals surface area contributed by atoms with Crippen LogP contribution in [0.4, 0.5) is 0 Å². The van der Waals surface area contributed by atoms with E-state index in [4.69, 9.17) is 10.3 Å². The normalized spacial score (nSPS) is 13.6. The van der Waals surface area contributed by atoms with Gasteiger partial charge in [-0.3, -0.25) is 0 Å². The van der Waals surface area contributed by atoms with Gasteiger partial charge in [0.25, 0.3) is 0 Å². The third-order valence-electron chi connectivity index (χ3n) is 1.96. The molecule has 1 heterocycles. The van der Waals surface area contributed by atoms with Gasteiger partial charge in [-0.2, -0.15) is 0 Å². The van der Waals surface area contributed by atoms with Gasteiger partial charge in [-0.25, -0.2) is 9.53 Å². The number of nitrogens with zero attached hydrogens (tertiary/aromatic N) is 1. The molecule has 0 radical (unpaired) electrons. The number of rotatable bonds is 3. The molecular formula is C9H16N2O2. The summed E-state index contributed by atoms with van der Waals surface area (Å²) in [6.45, 7) is 4.19. The molecule has 0 aromatic carbocycles. The van der Waals surface area contributed by atoms with Crippen molar-refractivity contribution in [2.24, 2.45) is 18.7 Å². The fraction of sp³-hybridized carbons (Fsp3) is 0.667. The standard InChI is InChI=1S/C9H16N2O2/c1-6(2)4-7(10)8-5-9(12)13-11(8)3/h5-7H,4,10H2,1-3H3/t7-/m1/s1. The van der Waals surface area contributed by atoms with Crippen molar-refractivity contribution < 1.29 is 4.52 Å². The molecule has 1 aromatic heterocycles.